The average Bonchev–Trinajstić information content (AvgIpc) is 2.61. The van der Waals surface area contributed by atoms with Crippen molar-refractivity contribution in [3.63, 3.8) is 0 Å². The molecule has 0 atom stereocenters. The number of ether oxygens (including phenoxy) is 4. The molecule has 0 aromatic heterocycles. The van der Waals surface area contributed by atoms with Crippen molar-refractivity contribution in [2.45, 2.75) is 26.1 Å². The number of rotatable bonds is 16. The lowest BCUT2D eigenvalue weighted by atomic mass is 10.1. The van der Waals surface area contributed by atoms with Gasteiger partial charge in [0.2, 0.25) is 0 Å². The van der Waals surface area contributed by atoms with Gasteiger partial charge in [0, 0.05) is 26.4 Å². The second-order valence-corrected chi connectivity index (χ2v) is 5.36. The van der Waals surface area contributed by atoms with E-state index in [4.69, 9.17) is 18.9 Å². The van der Waals surface area contributed by atoms with Gasteiger partial charge in [-0.1, -0.05) is 36.4 Å². The van der Waals surface area contributed by atoms with E-state index in [1.807, 2.05) is 0 Å². The molecule has 0 saturated heterocycles. The van der Waals surface area contributed by atoms with E-state index in [-0.39, 0.29) is 0 Å². The highest BCUT2D eigenvalue weighted by Gasteiger charge is 1.97. The molecule has 1 aromatic carbocycles. The van der Waals surface area contributed by atoms with Crippen LogP contribution < -0.4 is 0 Å². The van der Waals surface area contributed by atoms with Crippen LogP contribution in [0.15, 0.2) is 49.6 Å². The summed E-state index contributed by atoms with van der Waals surface area (Å²) < 4.78 is 21.9. The lowest BCUT2D eigenvalue weighted by Crippen LogP contribution is -2.02. The minimum Gasteiger partial charge on any atom is -0.377 e. The second kappa shape index (κ2) is 15.1. The monoisotopic (exact) mass is 334 g/mol. The summed E-state index contributed by atoms with van der Waals surface area (Å²) in [5.41, 5.74) is 2.34. The topological polar surface area (TPSA) is 36.9 Å². The molecule has 0 saturated carbocycles. The summed E-state index contributed by atoms with van der Waals surface area (Å²) >= 11 is 0. The molecule has 0 unspecified atom stereocenters. The van der Waals surface area contributed by atoms with Gasteiger partial charge < -0.3 is 18.9 Å². The highest BCUT2D eigenvalue weighted by molar-refractivity contribution is 5.21. The summed E-state index contributed by atoms with van der Waals surface area (Å²) in [5, 5.41) is 0. The Bertz CT molecular complexity index is 387. The molecule has 0 fully saturated rings. The van der Waals surface area contributed by atoms with Crippen molar-refractivity contribution in [3.05, 3.63) is 60.7 Å². The molecule has 0 radical (unpaired) electrons. The van der Waals surface area contributed by atoms with Crippen LogP contribution in [0.25, 0.3) is 0 Å². The first-order valence-electron chi connectivity index (χ1n) is 8.47. The van der Waals surface area contributed by atoms with Crippen molar-refractivity contribution in [1.29, 1.82) is 0 Å². The summed E-state index contributed by atoms with van der Waals surface area (Å²) in [6, 6.07) is 8.33. The standard InChI is InChI=1S/C20H30O4/c1-3-11-21-13-5-15-23-17-19-7-9-20(10-8-19)18-24-16-6-14-22-12-4-2/h3-4,7-10H,1-2,5-6,11-18H2. The normalized spacial score (nSPS) is 10.7. The van der Waals surface area contributed by atoms with Gasteiger partial charge in [-0.05, 0) is 24.0 Å². The van der Waals surface area contributed by atoms with Crippen molar-refractivity contribution >= 4 is 0 Å². The van der Waals surface area contributed by atoms with Gasteiger partial charge in [-0.15, -0.1) is 13.2 Å². The Morgan fingerprint density at radius 2 is 1.00 bits per heavy atom. The maximum atomic E-state index is 5.63. The largest absolute Gasteiger partial charge is 0.377 e. The fourth-order valence-corrected chi connectivity index (χ4v) is 1.97. The fraction of sp³-hybridized carbons (Fsp3) is 0.500. The van der Waals surface area contributed by atoms with Crippen LogP contribution in [0.2, 0.25) is 0 Å². The van der Waals surface area contributed by atoms with Crippen molar-refractivity contribution in [1.82, 2.24) is 0 Å². The molecule has 0 aliphatic rings. The Morgan fingerprint density at radius 1 is 0.625 bits per heavy atom. The first kappa shape index (κ1) is 20.6. The zero-order valence-electron chi connectivity index (χ0n) is 14.6. The fourth-order valence-electron chi connectivity index (χ4n) is 1.97. The van der Waals surface area contributed by atoms with Crippen LogP contribution in [0, 0.1) is 0 Å². The van der Waals surface area contributed by atoms with Crippen molar-refractivity contribution in [2.24, 2.45) is 0 Å². The highest BCUT2D eigenvalue weighted by atomic mass is 16.5. The van der Waals surface area contributed by atoms with E-state index < -0.39 is 0 Å². The maximum Gasteiger partial charge on any atom is 0.0716 e. The summed E-state index contributed by atoms with van der Waals surface area (Å²) in [6.45, 7) is 12.5. The zero-order chi connectivity index (χ0) is 17.3. The predicted molar refractivity (Wildman–Crippen MR) is 97.0 cm³/mol. The van der Waals surface area contributed by atoms with E-state index in [1.165, 1.54) is 11.1 Å². The third-order valence-corrected chi connectivity index (χ3v) is 3.19. The summed E-state index contributed by atoms with van der Waals surface area (Å²) in [7, 11) is 0. The molecule has 4 nitrogen and oxygen atoms in total. The van der Waals surface area contributed by atoms with Gasteiger partial charge >= 0.3 is 0 Å². The molecule has 0 aliphatic heterocycles. The predicted octanol–water partition coefficient (Wildman–Crippen LogP) is 3.91. The van der Waals surface area contributed by atoms with Crippen LogP contribution in [-0.4, -0.2) is 39.6 Å². The van der Waals surface area contributed by atoms with Crippen LogP contribution in [0.3, 0.4) is 0 Å². The molecule has 134 valence electrons. The summed E-state index contributed by atoms with van der Waals surface area (Å²) in [6.07, 6.45) is 5.30. The van der Waals surface area contributed by atoms with E-state index in [2.05, 4.69) is 37.4 Å². The minimum absolute atomic E-state index is 0.603. The minimum atomic E-state index is 0.603. The number of hydrogen-bond donors (Lipinski definition) is 0. The van der Waals surface area contributed by atoms with E-state index in [1.54, 1.807) is 12.2 Å². The molecule has 0 amide bonds. The van der Waals surface area contributed by atoms with Crippen LogP contribution >= 0.6 is 0 Å². The molecule has 1 rings (SSSR count). The van der Waals surface area contributed by atoms with Gasteiger partial charge in [0.25, 0.3) is 0 Å². The summed E-state index contributed by atoms with van der Waals surface area (Å²) in [4.78, 5) is 0. The Hall–Kier alpha value is -1.46. The Kier molecular flexibility index (Phi) is 12.9. The summed E-state index contributed by atoms with van der Waals surface area (Å²) in [5.74, 6) is 0. The van der Waals surface area contributed by atoms with E-state index in [9.17, 15) is 0 Å². The molecular formula is C20H30O4. The quantitative estimate of drug-likeness (QED) is 0.339. The molecule has 4 heteroatoms. The Balaban J connectivity index is 2.04. The first-order chi connectivity index (χ1) is 11.9. The van der Waals surface area contributed by atoms with Crippen molar-refractivity contribution in [3.8, 4) is 0 Å². The Morgan fingerprint density at radius 3 is 1.38 bits per heavy atom. The zero-order valence-corrected chi connectivity index (χ0v) is 14.6. The van der Waals surface area contributed by atoms with E-state index >= 15 is 0 Å². The van der Waals surface area contributed by atoms with Crippen LogP contribution in [-0.2, 0) is 32.2 Å². The molecule has 0 N–H and O–H groups in total. The maximum absolute atomic E-state index is 5.63. The molecule has 1 aromatic rings. The van der Waals surface area contributed by atoms with Crippen LogP contribution in [0.5, 0.6) is 0 Å². The van der Waals surface area contributed by atoms with E-state index in [0.29, 0.717) is 52.9 Å². The SMILES string of the molecule is C=CCOCCCOCc1ccc(COCCCOCC=C)cc1. The van der Waals surface area contributed by atoms with Gasteiger partial charge in [-0.25, -0.2) is 0 Å². The molecule has 24 heavy (non-hydrogen) atoms. The lowest BCUT2D eigenvalue weighted by molar-refractivity contribution is 0.0833. The molecule has 0 bridgehead atoms. The third kappa shape index (κ3) is 11.1. The molecule has 0 heterocycles. The smallest absolute Gasteiger partial charge is 0.0716 e. The molecular weight excluding hydrogens is 304 g/mol. The number of hydrogen-bond acceptors (Lipinski definition) is 4. The lowest BCUT2D eigenvalue weighted by Gasteiger charge is -2.07. The van der Waals surface area contributed by atoms with Gasteiger partial charge in [-0.3, -0.25) is 0 Å². The van der Waals surface area contributed by atoms with Crippen LogP contribution in [0.4, 0.5) is 0 Å². The van der Waals surface area contributed by atoms with E-state index in [0.717, 1.165) is 12.8 Å². The number of benzene rings is 1. The van der Waals surface area contributed by atoms with Gasteiger partial charge in [0.1, 0.15) is 0 Å². The second-order valence-electron chi connectivity index (χ2n) is 5.36. The average molecular weight is 334 g/mol. The van der Waals surface area contributed by atoms with Gasteiger partial charge in [0.05, 0.1) is 26.4 Å². The molecule has 0 spiro atoms. The third-order valence-electron chi connectivity index (χ3n) is 3.19. The van der Waals surface area contributed by atoms with Crippen LogP contribution in [0.1, 0.15) is 24.0 Å². The van der Waals surface area contributed by atoms with Gasteiger partial charge in [0.15, 0.2) is 0 Å². The Labute approximate surface area is 146 Å². The van der Waals surface area contributed by atoms with Crippen molar-refractivity contribution in [2.75, 3.05) is 39.6 Å². The van der Waals surface area contributed by atoms with Gasteiger partial charge in [-0.2, -0.15) is 0 Å². The van der Waals surface area contributed by atoms with Crippen molar-refractivity contribution < 1.29 is 18.9 Å². The molecule has 0 aliphatic carbocycles. The highest BCUT2D eigenvalue weighted by Crippen LogP contribution is 2.07. The first-order valence-corrected chi connectivity index (χ1v) is 8.47.